The maximum Gasteiger partial charge on any atom is 0.324 e. The molecular formula is C17H19N3O3. The molecule has 6 heteroatoms. The molecular weight excluding hydrogens is 294 g/mol. The van der Waals surface area contributed by atoms with E-state index in [0.717, 1.165) is 11.1 Å². The van der Waals surface area contributed by atoms with Gasteiger partial charge in [-0.2, -0.15) is 0 Å². The van der Waals surface area contributed by atoms with Crippen molar-refractivity contribution >= 4 is 17.6 Å². The SMILES string of the molecule is Cc1cccc(OCNC(=O)NC(=O)c2ccccc2N)c1C. The molecule has 0 radical (unpaired) electrons. The van der Waals surface area contributed by atoms with Gasteiger partial charge in [-0.25, -0.2) is 4.79 Å². The molecule has 6 nitrogen and oxygen atoms in total. The van der Waals surface area contributed by atoms with Crippen molar-refractivity contribution in [2.24, 2.45) is 0 Å². The molecule has 4 N–H and O–H groups in total. The molecule has 0 aromatic heterocycles. The van der Waals surface area contributed by atoms with Gasteiger partial charge in [-0.1, -0.05) is 24.3 Å². The zero-order valence-corrected chi connectivity index (χ0v) is 13.1. The second-order valence-corrected chi connectivity index (χ2v) is 5.03. The van der Waals surface area contributed by atoms with Crippen LogP contribution in [0.1, 0.15) is 21.5 Å². The van der Waals surface area contributed by atoms with E-state index in [4.69, 9.17) is 10.5 Å². The zero-order chi connectivity index (χ0) is 16.8. The lowest BCUT2D eigenvalue weighted by molar-refractivity contribution is 0.0963. The third-order valence-electron chi connectivity index (χ3n) is 3.45. The van der Waals surface area contributed by atoms with Gasteiger partial charge in [-0.3, -0.25) is 10.1 Å². The number of imide groups is 1. The minimum absolute atomic E-state index is 0.0479. The third kappa shape index (κ3) is 4.23. The Balaban J connectivity index is 1.85. The number of nitrogen functional groups attached to an aromatic ring is 1. The van der Waals surface area contributed by atoms with E-state index >= 15 is 0 Å². The Labute approximate surface area is 134 Å². The third-order valence-corrected chi connectivity index (χ3v) is 3.45. The summed E-state index contributed by atoms with van der Waals surface area (Å²) in [6, 6.07) is 11.5. The Morgan fingerprint density at radius 3 is 2.57 bits per heavy atom. The van der Waals surface area contributed by atoms with Gasteiger partial charge in [-0.05, 0) is 43.2 Å². The summed E-state index contributed by atoms with van der Waals surface area (Å²) in [7, 11) is 0. The van der Waals surface area contributed by atoms with Crippen LogP contribution in [0.5, 0.6) is 5.75 Å². The second-order valence-electron chi connectivity index (χ2n) is 5.03. The van der Waals surface area contributed by atoms with Gasteiger partial charge in [0.25, 0.3) is 5.91 Å². The van der Waals surface area contributed by atoms with Crippen molar-refractivity contribution in [3.8, 4) is 5.75 Å². The molecule has 2 aromatic carbocycles. The smallest absolute Gasteiger partial charge is 0.324 e. The van der Waals surface area contributed by atoms with Crippen molar-refractivity contribution in [3.63, 3.8) is 0 Å². The maximum absolute atomic E-state index is 11.9. The zero-order valence-electron chi connectivity index (χ0n) is 13.1. The highest BCUT2D eigenvalue weighted by Crippen LogP contribution is 2.19. The molecule has 2 aromatic rings. The van der Waals surface area contributed by atoms with Crippen LogP contribution in [0.15, 0.2) is 42.5 Å². The summed E-state index contributed by atoms with van der Waals surface area (Å²) in [4.78, 5) is 23.6. The highest BCUT2D eigenvalue weighted by molar-refractivity contribution is 6.07. The largest absolute Gasteiger partial charge is 0.473 e. The molecule has 0 atom stereocenters. The average Bonchev–Trinajstić information content (AvgIpc) is 2.51. The molecule has 0 fully saturated rings. The van der Waals surface area contributed by atoms with E-state index < -0.39 is 11.9 Å². The van der Waals surface area contributed by atoms with Gasteiger partial charge in [0.2, 0.25) is 0 Å². The Bertz CT molecular complexity index is 729. The molecule has 0 bridgehead atoms. The summed E-state index contributed by atoms with van der Waals surface area (Å²) in [5.41, 5.74) is 8.35. The van der Waals surface area contributed by atoms with E-state index in [1.807, 2.05) is 32.0 Å². The first-order chi connectivity index (χ1) is 11.0. The number of carbonyl (C=O) groups excluding carboxylic acids is 2. The van der Waals surface area contributed by atoms with Crippen LogP contribution >= 0.6 is 0 Å². The normalized spacial score (nSPS) is 10.0. The minimum atomic E-state index is -0.649. The number of ether oxygens (including phenoxy) is 1. The van der Waals surface area contributed by atoms with Crippen LogP contribution in [-0.2, 0) is 0 Å². The molecule has 23 heavy (non-hydrogen) atoms. The van der Waals surface area contributed by atoms with Crippen LogP contribution in [0.4, 0.5) is 10.5 Å². The Kier molecular flexibility index (Phi) is 5.19. The van der Waals surface area contributed by atoms with Gasteiger partial charge in [0, 0.05) is 5.69 Å². The van der Waals surface area contributed by atoms with Crippen molar-refractivity contribution in [1.82, 2.24) is 10.6 Å². The summed E-state index contributed by atoms with van der Waals surface area (Å²) in [6.07, 6.45) is 0. The number of hydrogen-bond donors (Lipinski definition) is 3. The number of para-hydroxylation sites is 1. The van der Waals surface area contributed by atoms with Crippen molar-refractivity contribution in [3.05, 3.63) is 59.2 Å². The summed E-state index contributed by atoms with van der Waals surface area (Å²) < 4.78 is 5.49. The summed E-state index contributed by atoms with van der Waals surface area (Å²) in [6.45, 7) is 3.87. The van der Waals surface area contributed by atoms with E-state index in [2.05, 4.69) is 10.6 Å². The first-order valence-corrected chi connectivity index (χ1v) is 7.11. The average molecular weight is 313 g/mol. The first kappa shape index (κ1) is 16.4. The minimum Gasteiger partial charge on any atom is -0.473 e. The molecule has 3 amide bonds. The number of benzene rings is 2. The number of hydrogen-bond acceptors (Lipinski definition) is 4. The molecule has 2 rings (SSSR count). The molecule has 0 saturated heterocycles. The predicted molar refractivity (Wildman–Crippen MR) is 88.3 cm³/mol. The lowest BCUT2D eigenvalue weighted by Gasteiger charge is -2.12. The maximum atomic E-state index is 11.9. The van der Waals surface area contributed by atoms with E-state index in [9.17, 15) is 9.59 Å². The fourth-order valence-corrected chi connectivity index (χ4v) is 1.98. The van der Waals surface area contributed by atoms with Crippen molar-refractivity contribution in [1.29, 1.82) is 0 Å². The number of nitrogens with one attached hydrogen (secondary N) is 2. The van der Waals surface area contributed by atoms with E-state index in [1.165, 1.54) is 0 Å². The topological polar surface area (TPSA) is 93.5 Å². The molecule has 0 aliphatic heterocycles. The van der Waals surface area contributed by atoms with Gasteiger partial charge >= 0.3 is 6.03 Å². The number of rotatable bonds is 4. The van der Waals surface area contributed by atoms with Gasteiger partial charge in [0.15, 0.2) is 6.73 Å². The fourth-order valence-electron chi connectivity index (χ4n) is 1.98. The van der Waals surface area contributed by atoms with E-state index in [0.29, 0.717) is 11.4 Å². The molecule has 0 saturated carbocycles. The Hall–Kier alpha value is -3.02. The lowest BCUT2D eigenvalue weighted by atomic mass is 10.1. The van der Waals surface area contributed by atoms with E-state index in [1.54, 1.807) is 24.3 Å². The number of aryl methyl sites for hydroxylation is 1. The summed E-state index contributed by atoms with van der Waals surface area (Å²) in [5.74, 6) is 0.122. The number of urea groups is 1. The van der Waals surface area contributed by atoms with Gasteiger partial charge in [0.1, 0.15) is 5.75 Å². The number of amides is 3. The monoisotopic (exact) mass is 313 g/mol. The summed E-state index contributed by atoms with van der Waals surface area (Å²) in [5, 5.41) is 4.66. The molecule has 120 valence electrons. The number of nitrogens with two attached hydrogens (primary N) is 1. The van der Waals surface area contributed by atoms with Crippen molar-refractivity contribution in [2.45, 2.75) is 13.8 Å². The second kappa shape index (κ2) is 7.31. The summed E-state index contributed by atoms with van der Waals surface area (Å²) >= 11 is 0. The van der Waals surface area contributed by atoms with Crippen molar-refractivity contribution in [2.75, 3.05) is 12.5 Å². The number of anilines is 1. The van der Waals surface area contributed by atoms with Crippen LogP contribution < -0.4 is 21.1 Å². The number of carbonyl (C=O) groups is 2. The molecule has 0 unspecified atom stereocenters. The van der Waals surface area contributed by atoms with Crippen LogP contribution in [0.3, 0.4) is 0 Å². The highest BCUT2D eigenvalue weighted by Gasteiger charge is 2.12. The van der Waals surface area contributed by atoms with Gasteiger partial charge in [-0.15, -0.1) is 0 Å². The molecule has 0 spiro atoms. The molecule has 0 heterocycles. The first-order valence-electron chi connectivity index (χ1n) is 7.11. The van der Waals surface area contributed by atoms with E-state index in [-0.39, 0.29) is 12.3 Å². The fraction of sp³-hybridized carbons (Fsp3) is 0.176. The van der Waals surface area contributed by atoms with Gasteiger partial charge in [0.05, 0.1) is 5.56 Å². The molecule has 0 aliphatic rings. The van der Waals surface area contributed by atoms with Crippen LogP contribution in [0.25, 0.3) is 0 Å². The van der Waals surface area contributed by atoms with Crippen LogP contribution in [-0.4, -0.2) is 18.7 Å². The Morgan fingerprint density at radius 1 is 1.09 bits per heavy atom. The Morgan fingerprint density at radius 2 is 1.83 bits per heavy atom. The predicted octanol–water partition coefficient (Wildman–Crippen LogP) is 2.36. The standard InChI is InChI=1S/C17H19N3O3/c1-11-6-5-9-15(12(11)2)23-10-19-17(22)20-16(21)13-7-3-4-8-14(13)18/h3-9H,10,18H2,1-2H3,(H2,19,20,21,22). The quantitative estimate of drug-likeness (QED) is 0.596. The van der Waals surface area contributed by atoms with Crippen molar-refractivity contribution < 1.29 is 14.3 Å². The van der Waals surface area contributed by atoms with Gasteiger partial charge < -0.3 is 15.8 Å². The highest BCUT2D eigenvalue weighted by atomic mass is 16.5. The lowest BCUT2D eigenvalue weighted by Crippen LogP contribution is -2.41. The molecule has 0 aliphatic carbocycles. The van der Waals surface area contributed by atoms with Crippen LogP contribution in [0.2, 0.25) is 0 Å². The van der Waals surface area contributed by atoms with Crippen LogP contribution in [0, 0.1) is 13.8 Å².